The van der Waals surface area contributed by atoms with Gasteiger partial charge in [-0.25, -0.2) is 14.8 Å². The van der Waals surface area contributed by atoms with E-state index in [0.717, 1.165) is 0 Å². The standard InChI is InChI=1S/C12H13N3O2/c1-3-5-9(4-2)12(16)17-8-11-14-6-10(13)7-15-11/h3-7H,1-2,8,13H2/b9-5+. The Bertz CT molecular complexity index is 449. The van der Waals surface area contributed by atoms with Crippen molar-refractivity contribution in [3.8, 4) is 0 Å². The molecule has 2 N–H and O–H groups in total. The maximum absolute atomic E-state index is 11.5. The number of esters is 1. The van der Waals surface area contributed by atoms with E-state index in [1.807, 2.05) is 0 Å². The lowest BCUT2D eigenvalue weighted by molar-refractivity contribution is -0.140. The van der Waals surface area contributed by atoms with Crippen LogP contribution >= 0.6 is 0 Å². The van der Waals surface area contributed by atoms with Crippen molar-refractivity contribution >= 4 is 11.7 Å². The van der Waals surface area contributed by atoms with E-state index >= 15 is 0 Å². The van der Waals surface area contributed by atoms with Crippen LogP contribution in [0.15, 0.2) is 49.4 Å². The molecule has 0 unspecified atom stereocenters. The highest BCUT2D eigenvalue weighted by Crippen LogP contribution is 2.03. The van der Waals surface area contributed by atoms with Gasteiger partial charge in [-0.05, 0) is 6.08 Å². The second-order valence-electron chi connectivity index (χ2n) is 3.07. The Hall–Kier alpha value is -2.43. The highest BCUT2D eigenvalue weighted by molar-refractivity contribution is 5.91. The summed E-state index contributed by atoms with van der Waals surface area (Å²) < 4.78 is 4.98. The van der Waals surface area contributed by atoms with E-state index in [2.05, 4.69) is 23.1 Å². The van der Waals surface area contributed by atoms with Crippen LogP contribution < -0.4 is 5.73 Å². The Morgan fingerprint density at radius 3 is 2.59 bits per heavy atom. The number of rotatable bonds is 5. The fourth-order valence-electron chi connectivity index (χ4n) is 0.999. The third kappa shape index (κ3) is 3.90. The molecule has 1 rings (SSSR count). The van der Waals surface area contributed by atoms with Crippen molar-refractivity contribution in [2.24, 2.45) is 0 Å². The molecule has 5 nitrogen and oxygen atoms in total. The molecule has 0 bridgehead atoms. The quantitative estimate of drug-likeness (QED) is 0.471. The van der Waals surface area contributed by atoms with Crippen molar-refractivity contribution in [1.82, 2.24) is 9.97 Å². The van der Waals surface area contributed by atoms with Crippen molar-refractivity contribution in [2.75, 3.05) is 5.73 Å². The molecule has 17 heavy (non-hydrogen) atoms. The minimum absolute atomic E-state index is 0.0125. The minimum atomic E-state index is -0.500. The van der Waals surface area contributed by atoms with Gasteiger partial charge in [0.05, 0.1) is 23.7 Å². The lowest BCUT2D eigenvalue weighted by Gasteiger charge is -2.03. The summed E-state index contributed by atoms with van der Waals surface area (Å²) in [6.45, 7) is 6.98. The monoisotopic (exact) mass is 231 g/mol. The van der Waals surface area contributed by atoms with Crippen LogP contribution in [0.2, 0.25) is 0 Å². The Morgan fingerprint density at radius 2 is 2.06 bits per heavy atom. The van der Waals surface area contributed by atoms with Gasteiger partial charge in [-0.1, -0.05) is 25.3 Å². The summed E-state index contributed by atoms with van der Waals surface area (Å²) in [6, 6.07) is 0. The SMILES string of the molecule is C=C/C=C(\C=C)C(=O)OCc1ncc(N)cn1. The van der Waals surface area contributed by atoms with Crippen molar-refractivity contribution in [1.29, 1.82) is 0 Å². The van der Waals surface area contributed by atoms with Crippen molar-refractivity contribution < 1.29 is 9.53 Å². The van der Waals surface area contributed by atoms with Crippen LogP contribution in [-0.4, -0.2) is 15.9 Å². The molecule has 0 atom stereocenters. The molecule has 0 spiro atoms. The van der Waals surface area contributed by atoms with Gasteiger partial charge in [0.25, 0.3) is 0 Å². The van der Waals surface area contributed by atoms with Gasteiger partial charge in [-0.2, -0.15) is 0 Å². The molecular weight excluding hydrogens is 218 g/mol. The zero-order chi connectivity index (χ0) is 12.7. The average Bonchev–Trinajstić information content (AvgIpc) is 2.35. The molecule has 88 valence electrons. The summed E-state index contributed by atoms with van der Waals surface area (Å²) in [6.07, 6.45) is 7.29. The Morgan fingerprint density at radius 1 is 1.41 bits per heavy atom. The second-order valence-corrected chi connectivity index (χ2v) is 3.07. The lowest BCUT2D eigenvalue weighted by atomic mass is 10.2. The molecule has 0 saturated carbocycles. The van der Waals surface area contributed by atoms with Crippen LogP contribution in [0, 0.1) is 0 Å². The highest BCUT2D eigenvalue weighted by atomic mass is 16.5. The van der Waals surface area contributed by atoms with Crippen LogP contribution in [0.5, 0.6) is 0 Å². The number of hydrogen-bond donors (Lipinski definition) is 1. The Balaban J connectivity index is 2.59. The Labute approximate surface area is 99.3 Å². The van der Waals surface area contributed by atoms with Gasteiger partial charge in [0, 0.05) is 0 Å². The van der Waals surface area contributed by atoms with Crippen molar-refractivity contribution in [3.63, 3.8) is 0 Å². The first-order chi connectivity index (χ1) is 8.17. The minimum Gasteiger partial charge on any atom is -0.454 e. The molecule has 0 saturated heterocycles. The average molecular weight is 231 g/mol. The molecule has 0 fully saturated rings. The molecule has 0 aromatic carbocycles. The van der Waals surface area contributed by atoms with E-state index in [9.17, 15) is 4.79 Å². The molecule has 0 aliphatic rings. The molecule has 0 aliphatic heterocycles. The largest absolute Gasteiger partial charge is 0.454 e. The molecular formula is C12H13N3O2. The lowest BCUT2D eigenvalue weighted by Crippen LogP contribution is -2.08. The van der Waals surface area contributed by atoms with Gasteiger partial charge < -0.3 is 10.5 Å². The van der Waals surface area contributed by atoms with Crippen molar-refractivity contribution in [2.45, 2.75) is 6.61 Å². The number of nitrogens with two attached hydrogens (primary N) is 1. The predicted molar refractivity (Wildman–Crippen MR) is 64.7 cm³/mol. The van der Waals surface area contributed by atoms with Crippen molar-refractivity contribution in [3.05, 3.63) is 55.2 Å². The third-order valence-corrected chi connectivity index (χ3v) is 1.81. The number of aromatic nitrogens is 2. The van der Waals surface area contributed by atoms with Crippen LogP contribution in [0.1, 0.15) is 5.82 Å². The first kappa shape index (κ1) is 12.6. The zero-order valence-corrected chi connectivity index (χ0v) is 9.30. The number of carbonyl (C=O) groups excluding carboxylic acids is 1. The highest BCUT2D eigenvalue weighted by Gasteiger charge is 2.07. The van der Waals surface area contributed by atoms with Crippen LogP contribution in [-0.2, 0) is 16.1 Å². The summed E-state index contributed by atoms with van der Waals surface area (Å²) in [7, 11) is 0. The number of anilines is 1. The number of hydrogen-bond acceptors (Lipinski definition) is 5. The fourth-order valence-corrected chi connectivity index (χ4v) is 0.999. The molecule has 0 amide bonds. The number of allylic oxidation sites excluding steroid dienone is 2. The topological polar surface area (TPSA) is 78.1 Å². The molecule has 1 aromatic heterocycles. The summed E-state index contributed by atoms with van der Waals surface area (Å²) >= 11 is 0. The molecule has 1 aromatic rings. The van der Waals surface area contributed by atoms with E-state index in [1.165, 1.54) is 30.6 Å². The number of carbonyl (C=O) groups is 1. The van der Waals surface area contributed by atoms with E-state index in [1.54, 1.807) is 0 Å². The number of nitrogens with zero attached hydrogens (tertiary/aromatic N) is 2. The van der Waals surface area contributed by atoms with E-state index in [-0.39, 0.29) is 6.61 Å². The van der Waals surface area contributed by atoms with Gasteiger partial charge in [-0.3, -0.25) is 0 Å². The van der Waals surface area contributed by atoms with E-state index in [4.69, 9.17) is 10.5 Å². The second kappa shape index (κ2) is 6.22. The number of ether oxygens (including phenoxy) is 1. The van der Waals surface area contributed by atoms with Crippen LogP contribution in [0.25, 0.3) is 0 Å². The maximum Gasteiger partial charge on any atom is 0.338 e. The summed E-state index contributed by atoms with van der Waals surface area (Å²) in [5.74, 6) is -0.116. The zero-order valence-electron chi connectivity index (χ0n) is 9.30. The summed E-state index contributed by atoms with van der Waals surface area (Å²) in [5.41, 5.74) is 6.21. The molecule has 1 heterocycles. The first-order valence-corrected chi connectivity index (χ1v) is 4.86. The van der Waals surface area contributed by atoms with E-state index in [0.29, 0.717) is 17.1 Å². The van der Waals surface area contributed by atoms with Gasteiger partial charge in [-0.15, -0.1) is 0 Å². The van der Waals surface area contributed by atoms with Gasteiger partial charge in [0.2, 0.25) is 0 Å². The van der Waals surface area contributed by atoms with Crippen LogP contribution in [0.3, 0.4) is 0 Å². The molecule has 5 heteroatoms. The predicted octanol–water partition coefficient (Wildman–Crippen LogP) is 1.40. The number of nitrogen functional groups attached to an aromatic ring is 1. The van der Waals surface area contributed by atoms with Gasteiger partial charge in [0.1, 0.15) is 0 Å². The normalized spacial score (nSPS) is 10.7. The van der Waals surface area contributed by atoms with Gasteiger partial charge in [0.15, 0.2) is 12.4 Å². The summed E-state index contributed by atoms with van der Waals surface area (Å²) in [5, 5.41) is 0. The first-order valence-electron chi connectivity index (χ1n) is 4.86. The smallest absolute Gasteiger partial charge is 0.338 e. The summed E-state index contributed by atoms with van der Waals surface area (Å²) in [4.78, 5) is 19.3. The fraction of sp³-hybridized carbons (Fsp3) is 0.0833. The third-order valence-electron chi connectivity index (χ3n) is 1.81. The van der Waals surface area contributed by atoms with E-state index < -0.39 is 5.97 Å². The Kier molecular flexibility index (Phi) is 4.62. The molecule has 0 radical (unpaired) electrons. The maximum atomic E-state index is 11.5. The van der Waals surface area contributed by atoms with Gasteiger partial charge >= 0.3 is 5.97 Å². The molecule has 0 aliphatic carbocycles. The van der Waals surface area contributed by atoms with Crippen LogP contribution in [0.4, 0.5) is 5.69 Å².